The van der Waals surface area contributed by atoms with E-state index in [1.165, 1.54) is 6.07 Å². The SMILES string of the molecule is Cc1cc(CNCCCC(F)(F)F)ccc1F. The summed E-state index contributed by atoms with van der Waals surface area (Å²) in [6, 6.07) is 4.67. The van der Waals surface area contributed by atoms with Crippen LogP contribution in [0.1, 0.15) is 24.0 Å². The number of hydrogen-bond donors (Lipinski definition) is 1. The van der Waals surface area contributed by atoms with E-state index in [2.05, 4.69) is 5.32 Å². The zero-order valence-corrected chi connectivity index (χ0v) is 9.57. The number of benzene rings is 1. The zero-order chi connectivity index (χ0) is 12.9. The molecule has 0 saturated carbocycles. The maximum absolute atomic E-state index is 12.9. The lowest BCUT2D eigenvalue weighted by atomic mass is 10.1. The van der Waals surface area contributed by atoms with Crippen molar-refractivity contribution in [3.05, 3.63) is 35.1 Å². The quantitative estimate of drug-likeness (QED) is 0.621. The Hall–Kier alpha value is -1.10. The first kappa shape index (κ1) is 14.0. The molecule has 0 saturated heterocycles. The van der Waals surface area contributed by atoms with E-state index in [0.717, 1.165) is 5.56 Å². The molecule has 0 radical (unpaired) electrons. The second-order valence-electron chi connectivity index (χ2n) is 3.98. The van der Waals surface area contributed by atoms with Crippen molar-refractivity contribution in [3.63, 3.8) is 0 Å². The molecule has 0 atom stereocenters. The van der Waals surface area contributed by atoms with E-state index in [9.17, 15) is 17.6 Å². The topological polar surface area (TPSA) is 12.0 Å². The summed E-state index contributed by atoms with van der Waals surface area (Å²) >= 11 is 0. The number of aryl methyl sites for hydroxylation is 1. The Morgan fingerprint density at radius 1 is 1.24 bits per heavy atom. The standard InChI is InChI=1S/C12H15F4N/c1-9-7-10(3-4-11(9)13)8-17-6-2-5-12(14,15)16/h3-4,7,17H,2,5-6,8H2,1H3. The molecule has 0 aromatic heterocycles. The minimum absolute atomic E-state index is 0.0592. The van der Waals surface area contributed by atoms with Gasteiger partial charge in [0.1, 0.15) is 5.82 Å². The van der Waals surface area contributed by atoms with Crippen molar-refractivity contribution in [1.29, 1.82) is 0 Å². The summed E-state index contributed by atoms with van der Waals surface area (Å²) in [5.41, 5.74) is 1.41. The van der Waals surface area contributed by atoms with E-state index in [4.69, 9.17) is 0 Å². The van der Waals surface area contributed by atoms with Gasteiger partial charge in [-0.25, -0.2) is 4.39 Å². The van der Waals surface area contributed by atoms with Crippen molar-refractivity contribution in [1.82, 2.24) is 5.32 Å². The molecule has 0 fully saturated rings. The monoisotopic (exact) mass is 249 g/mol. The first-order valence-corrected chi connectivity index (χ1v) is 5.41. The van der Waals surface area contributed by atoms with Gasteiger partial charge in [0.2, 0.25) is 0 Å². The van der Waals surface area contributed by atoms with Crippen LogP contribution in [0.15, 0.2) is 18.2 Å². The average Bonchev–Trinajstić information content (AvgIpc) is 2.21. The largest absolute Gasteiger partial charge is 0.389 e. The second-order valence-corrected chi connectivity index (χ2v) is 3.98. The predicted octanol–water partition coefficient (Wildman–Crippen LogP) is 3.57. The smallest absolute Gasteiger partial charge is 0.313 e. The van der Waals surface area contributed by atoms with Crippen LogP contribution in [0.2, 0.25) is 0 Å². The molecule has 5 heteroatoms. The van der Waals surface area contributed by atoms with Gasteiger partial charge in [0.05, 0.1) is 0 Å². The van der Waals surface area contributed by atoms with Crippen LogP contribution in [0, 0.1) is 12.7 Å². The van der Waals surface area contributed by atoms with Crippen LogP contribution in [-0.2, 0) is 6.54 Å². The molecule has 0 aliphatic rings. The van der Waals surface area contributed by atoms with Gasteiger partial charge in [0.15, 0.2) is 0 Å². The summed E-state index contributed by atoms with van der Waals surface area (Å²) in [5.74, 6) is -0.272. The molecular weight excluding hydrogens is 234 g/mol. The lowest BCUT2D eigenvalue weighted by Crippen LogP contribution is -2.17. The first-order chi connectivity index (χ1) is 7.88. The molecule has 1 N–H and O–H groups in total. The summed E-state index contributed by atoms with van der Waals surface area (Å²) < 4.78 is 48.4. The molecule has 0 amide bonds. The second kappa shape index (κ2) is 6.00. The zero-order valence-electron chi connectivity index (χ0n) is 9.57. The Morgan fingerprint density at radius 2 is 1.94 bits per heavy atom. The van der Waals surface area contributed by atoms with Gasteiger partial charge in [-0.2, -0.15) is 13.2 Å². The van der Waals surface area contributed by atoms with E-state index in [-0.39, 0.29) is 12.2 Å². The van der Waals surface area contributed by atoms with Crippen LogP contribution in [0.5, 0.6) is 0 Å². The fourth-order valence-electron chi connectivity index (χ4n) is 1.46. The number of rotatable bonds is 5. The van der Waals surface area contributed by atoms with Crippen LogP contribution in [0.3, 0.4) is 0 Å². The number of nitrogens with one attached hydrogen (secondary N) is 1. The van der Waals surface area contributed by atoms with Gasteiger partial charge in [-0.05, 0) is 37.1 Å². The normalized spacial score (nSPS) is 11.8. The molecule has 1 aromatic rings. The highest BCUT2D eigenvalue weighted by Gasteiger charge is 2.25. The summed E-state index contributed by atoms with van der Waals surface area (Å²) in [4.78, 5) is 0. The fraction of sp³-hybridized carbons (Fsp3) is 0.500. The van der Waals surface area contributed by atoms with Crippen LogP contribution >= 0.6 is 0 Å². The Balaban J connectivity index is 2.25. The molecule has 0 bridgehead atoms. The van der Waals surface area contributed by atoms with Gasteiger partial charge in [0, 0.05) is 13.0 Å². The van der Waals surface area contributed by atoms with Crippen molar-refractivity contribution < 1.29 is 17.6 Å². The highest BCUT2D eigenvalue weighted by molar-refractivity contribution is 5.23. The van der Waals surface area contributed by atoms with E-state index in [1.54, 1.807) is 19.1 Å². The molecule has 0 unspecified atom stereocenters. The minimum Gasteiger partial charge on any atom is -0.313 e. The molecule has 0 aliphatic heterocycles. The van der Waals surface area contributed by atoms with Crippen molar-refractivity contribution in [2.75, 3.05) is 6.54 Å². The maximum Gasteiger partial charge on any atom is 0.389 e. The Labute approximate surface area is 97.8 Å². The van der Waals surface area contributed by atoms with Gasteiger partial charge >= 0.3 is 6.18 Å². The number of alkyl halides is 3. The van der Waals surface area contributed by atoms with Crippen molar-refractivity contribution in [2.24, 2.45) is 0 Å². The Morgan fingerprint density at radius 3 is 2.53 bits per heavy atom. The summed E-state index contributed by atoms with van der Waals surface area (Å²) in [7, 11) is 0. The summed E-state index contributed by atoms with van der Waals surface area (Å²) in [6.45, 7) is 2.41. The third-order valence-corrected chi connectivity index (χ3v) is 2.37. The molecule has 1 nitrogen and oxygen atoms in total. The van der Waals surface area contributed by atoms with Gasteiger partial charge in [0.25, 0.3) is 0 Å². The van der Waals surface area contributed by atoms with Gasteiger partial charge < -0.3 is 5.32 Å². The van der Waals surface area contributed by atoms with Crippen molar-refractivity contribution >= 4 is 0 Å². The predicted molar refractivity (Wildman–Crippen MR) is 58.1 cm³/mol. The fourth-order valence-corrected chi connectivity index (χ4v) is 1.46. The molecule has 17 heavy (non-hydrogen) atoms. The van der Waals surface area contributed by atoms with Crippen LogP contribution in [-0.4, -0.2) is 12.7 Å². The van der Waals surface area contributed by atoms with Gasteiger partial charge in [-0.1, -0.05) is 12.1 Å². The summed E-state index contributed by atoms with van der Waals surface area (Å²) in [6.07, 6.45) is -4.81. The molecule has 0 aliphatic carbocycles. The first-order valence-electron chi connectivity index (χ1n) is 5.41. The van der Waals surface area contributed by atoms with Gasteiger partial charge in [-0.15, -0.1) is 0 Å². The third-order valence-electron chi connectivity index (χ3n) is 2.37. The van der Waals surface area contributed by atoms with Crippen molar-refractivity contribution in [3.8, 4) is 0 Å². The van der Waals surface area contributed by atoms with Crippen molar-refractivity contribution in [2.45, 2.75) is 32.5 Å². The number of halogens is 4. The molecule has 0 spiro atoms. The average molecular weight is 249 g/mol. The van der Waals surface area contributed by atoms with Crippen LogP contribution in [0.25, 0.3) is 0 Å². The molecule has 96 valence electrons. The van der Waals surface area contributed by atoms with Crippen LogP contribution < -0.4 is 5.32 Å². The highest BCUT2D eigenvalue weighted by atomic mass is 19.4. The number of hydrogen-bond acceptors (Lipinski definition) is 1. The Bertz CT molecular complexity index is 360. The van der Waals surface area contributed by atoms with Gasteiger partial charge in [-0.3, -0.25) is 0 Å². The lowest BCUT2D eigenvalue weighted by Gasteiger charge is -2.08. The highest BCUT2D eigenvalue weighted by Crippen LogP contribution is 2.20. The van der Waals surface area contributed by atoms with E-state index in [1.807, 2.05) is 0 Å². The molecule has 0 heterocycles. The van der Waals surface area contributed by atoms with E-state index in [0.29, 0.717) is 18.7 Å². The van der Waals surface area contributed by atoms with Crippen LogP contribution in [0.4, 0.5) is 17.6 Å². The maximum atomic E-state index is 12.9. The van der Waals surface area contributed by atoms with E-state index >= 15 is 0 Å². The molecular formula is C12H15F4N. The summed E-state index contributed by atoms with van der Waals surface area (Å²) in [5, 5.41) is 2.90. The molecule has 1 rings (SSSR count). The third kappa shape index (κ3) is 5.68. The van der Waals surface area contributed by atoms with E-state index < -0.39 is 12.6 Å². The lowest BCUT2D eigenvalue weighted by molar-refractivity contribution is -0.135. The Kier molecular flexibility index (Phi) is 4.93. The minimum atomic E-state index is -4.09. The molecule has 1 aromatic carbocycles.